The quantitative estimate of drug-likeness (QED) is 0.641. The first-order chi connectivity index (χ1) is 13.5. The molecular formula is C23H25N3O2. The number of para-hydroxylation sites is 1. The van der Waals surface area contributed by atoms with Crippen molar-refractivity contribution < 1.29 is 9.53 Å². The van der Waals surface area contributed by atoms with Gasteiger partial charge in [0.15, 0.2) is 0 Å². The molecule has 2 N–H and O–H groups in total. The lowest BCUT2D eigenvalue weighted by Gasteiger charge is -2.10. The van der Waals surface area contributed by atoms with Crippen LogP contribution in [0.3, 0.4) is 0 Å². The van der Waals surface area contributed by atoms with Gasteiger partial charge in [-0.1, -0.05) is 24.3 Å². The van der Waals surface area contributed by atoms with Gasteiger partial charge in [0, 0.05) is 18.4 Å². The van der Waals surface area contributed by atoms with E-state index in [1.165, 1.54) is 11.1 Å². The van der Waals surface area contributed by atoms with Crippen molar-refractivity contribution in [1.29, 1.82) is 0 Å². The average molecular weight is 375 g/mol. The lowest BCUT2D eigenvalue weighted by atomic mass is 10.1. The first-order valence-electron chi connectivity index (χ1n) is 9.26. The second-order valence-corrected chi connectivity index (χ2v) is 6.75. The molecule has 144 valence electrons. The number of carbonyl (C=O) groups excluding carboxylic acids is 1. The highest BCUT2D eigenvalue weighted by Crippen LogP contribution is 2.19. The zero-order valence-electron chi connectivity index (χ0n) is 16.5. The van der Waals surface area contributed by atoms with E-state index in [0.717, 1.165) is 17.0 Å². The summed E-state index contributed by atoms with van der Waals surface area (Å²) < 4.78 is 5.33. The highest BCUT2D eigenvalue weighted by atomic mass is 16.5. The number of anilines is 2. The van der Waals surface area contributed by atoms with Crippen molar-refractivity contribution >= 4 is 17.4 Å². The topological polar surface area (TPSA) is 63.2 Å². The van der Waals surface area contributed by atoms with E-state index >= 15 is 0 Å². The molecule has 1 aromatic heterocycles. The molecule has 0 spiro atoms. The molecule has 0 aliphatic carbocycles. The van der Waals surface area contributed by atoms with E-state index in [4.69, 9.17) is 4.74 Å². The summed E-state index contributed by atoms with van der Waals surface area (Å²) >= 11 is 0. The van der Waals surface area contributed by atoms with Gasteiger partial charge in [-0.05, 0) is 67.3 Å². The summed E-state index contributed by atoms with van der Waals surface area (Å²) in [5.74, 6) is 1.40. The first kappa shape index (κ1) is 19.4. The molecule has 2 aromatic carbocycles. The Hall–Kier alpha value is -3.34. The molecule has 0 saturated carbocycles. The summed E-state index contributed by atoms with van der Waals surface area (Å²) in [4.78, 5) is 16.7. The highest BCUT2D eigenvalue weighted by molar-refractivity contribution is 5.94. The van der Waals surface area contributed by atoms with Crippen molar-refractivity contribution in [2.45, 2.75) is 20.3 Å². The van der Waals surface area contributed by atoms with E-state index in [9.17, 15) is 4.79 Å². The van der Waals surface area contributed by atoms with Crippen LogP contribution in [-0.4, -0.2) is 24.5 Å². The summed E-state index contributed by atoms with van der Waals surface area (Å²) in [6, 6.07) is 17.6. The van der Waals surface area contributed by atoms with E-state index in [-0.39, 0.29) is 5.91 Å². The predicted octanol–water partition coefficient (Wildman–Crippen LogP) is 4.42. The van der Waals surface area contributed by atoms with Gasteiger partial charge >= 0.3 is 0 Å². The SMILES string of the molecule is COc1ccccc1CCNC(=O)c1ccc(Nc2cc(C)cc(C)c2)nc1. The minimum absolute atomic E-state index is 0.139. The Balaban J connectivity index is 1.56. The van der Waals surface area contributed by atoms with Crippen LogP contribution >= 0.6 is 0 Å². The summed E-state index contributed by atoms with van der Waals surface area (Å²) in [6.07, 6.45) is 2.29. The standard InChI is InChI=1S/C23H25N3O2/c1-16-12-17(2)14-20(13-16)26-22-9-8-19(15-25-22)23(27)24-11-10-18-6-4-5-7-21(18)28-3/h4-9,12-15H,10-11H2,1-3H3,(H,24,27)(H,25,26). The van der Waals surface area contributed by atoms with Crippen molar-refractivity contribution in [3.8, 4) is 5.75 Å². The smallest absolute Gasteiger partial charge is 0.252 e. The average Bonchev–Trinajstić information content (AvgIpc) is 2.68. The molecule has 0 saturated heterocycles. The van der Waals surface area contributed by atoms with Gasteiger partial charge in [0.25, 0.3) is 5.91 Å². The monoisotopic (exact) mass is 375 g/mol. The van der Waals surface area contributed by atoms with E-state index in [0.29, 0.717) is 24.3 Å². The Labute approximate surface area is 165 Å². The third-order valence-electron chi connectivity index (χ3n) is 4.39. The van der Waals surface area contributed by atoms with Gasteiger partial charge < -0.3 is 15.4 Å². The number of nitrogens with one attached hydrogen (secondary N) is 2. The van der Waals surface area contributed by atoms with Gasteiger partial charge in [0.2, 0.25) is 0 Å². The van der Waals surface area contributed by atoms with E-state index in [1.807, 2.05) is 30.3 Å². The van der Waals surface area contributed by atoms with Gasteiger partial charge in [-0.3, -0.25) is 4.79 Å². The maximum atomic E-state index is 12.3. The number of carbonyl (C=O) groups is 1. The van der Waals surface area contributed by atoms with Gasteiger partial charge in [-0.2, -0.15) is 0 Å². The largest absolute Gasteiger partial charge is 0.496 e. The number of ether oxygens (including phenoxy) is 1. The third kappa shape index (κ3) is 5.10. The molecule has 28 heavy (non-hydrogen) atoms. The Morgan fingerprint density at radius 2 is 1.79 bits per heavy atom. The number of pyridine rings is 1. The lowest BCUT2D eigenvalue weighted by Crippen LogP contribution is -2.25. The van der Waals surface area contributed by atoms with Crippen LogP contribution in [0.4, 0.5) is 11.5 Å². The minimum atomic E-state index is -0.139. The zero-order chi connectivity index (χ0) is 19.9. The molecular weight excluding hydrogens is 350 g/mol. The molecule has 3 rings (SSSR count). The molecule has 0 aliphatic heterocycles. The van der Waals surface area contributed by atoms with Crippen LogP contribution in [0.25, 0.3) is 0 Å². The fraction of sp³-hybridized carbons (Fsp3) is 0.217. The summed E-state index contributed by atoms with van der Waals surface area (Å²) in [7, 11) is 1.65. The molecule has 3 aromatic rings. The number of rotatable bonds is 7. The van der Waals surface area contributed by atoms with Crippen molar-refractivity contribution in [1.82, 2.24) is 10.3 Å². The number of benzene rings is 2. The fourth-order valence-corrected chi connectivity index (χ4v) is 3.12. The van der Waals surface area contributed by atoms with Gasteiger partial charge in [0.1, 0.15) is 11.6 Å². The van der Waals surface area contributed by atoms with Gasteiger partial charge in [-0.15, -0.1) is 0 Å². The molecule has 0 radical (unpaired) electrons. The molecule has 0 atom stereocenters. The minimum Gasteiger partial charge on any atom is -0.496 e. The summed E-state index contributed by atoms with van der Waals surface area (Å²) in [6.45, 7) is 4.65. The number of hydrogen-bond acceptors (Lipinski definition) is 4. The fourth-order valence-electron chi connectivity index (χ4n) is 3.12. The van der Waals surface area contributed by atoms with E-state index < -0.39 is 0 Å². The maximum Gasteiger partial charge on any atom is 0.252 e. The molecule has 1 heterocycles. The second kappa shape index (κ2) is 9.04. The van der Waals surface area contributed by atoms with E-state index in [1.54, 1.807) is 19.4 Å². The van der Waals surface area contributed by atoms with Gasteiger partial charge in [-0.25, -0.2) is 4.98 Å². The van der Waals surface area contributed by atoms with Crippen LogP contribution in [0.2, 0.25) is 0 Å². The van der Waals surface area contributed by atoms with Crippen molar-refractivity contribution in [3.05, 3.63) is 83.0 Å². The van der Waals surface area contributed by atoms with Gasteiger partial charge in [0.05, 0.1) is 12.7 Å². The molecule has 0 bridgehead atoms. The number of amides is 1. The maximum absolute atomic E-state index is 12.3. The lowest BCUT2D eigenvalue weighted by molar-refractivity contribution is 0.0953. The second-order valence-electron chi connectivity index (χ2n) is 6.75. The molecule has 5 heteroatoms. The number of aryl methyl sites for hydroxylation is 2. The normalized spacial score (nSPS) is 10.4. The van der Waals surface area contributed by atoms with E-state index in [2.05, 4.69) is 47.7 Å². The third-order valence-corrected chi connectivity index (χ3v) is 4.39. The van der Waals surface area contributed by atoms with Crippen molar-refractivity contribution in [2.24, 2.45) is 0 Å². The number of methoxy groups -OCH3 is 1. The Morgan fingerprint density at radius 3 is 2.46 bits per heavy atom. The molecule has 0 unspecified atom stereocenters. The van der Waals surface area contributed by atoms with Crippen LogP contribution in [0, 0.1) is 13.8 Å². The zero-order valence-corrected chi connectivity index (χ0v) is 16.5. The Kier molecular flexibility index (Phi) is 6.27. The number of hydrogen-bond donors (Lipinski definition) is 2. The van der Waals surface area contributed by atoms with Crippen molar-refractivity contribution in [3.63, 3.8) is 0 Å². The first-order valence-corrected chi connectivity index (χ1v) is 9.26. The van der Waals surface area contributed by atoms with Crippen LogP contribution < -0.4 is 15.4 Å². The van der Waals surface area contributed by atoms with Crippen LogP contribution in [0.15, 0.2) is 60.8 Å². The molecule has 5 nitrogen and oxygen atoms in total. The molecule has 0 aliphatic rings. The molecule has 0 fully saturated rings. The van der Waals surface area contributed by atoms with Crippen LogP contribution in [0.5, 0.6) is 5.75 Å². The molecule has 1 amide bonds. The highest BCUT2D eigenvalue weighted by Gasteiger charge is 2.07. The van der Waals surface area contributed by atoms with Crippen LogP contribution in [0.1, 0.15) is 27.0 Å². The van der Waals surface area contributed by atoms with Crippen molar-refractivity contribution in [2.75, 3.05) is 19.0 Å². The van der Waals surface area contributed by atoms with Crippen LogP contribution in [-0.2, 0) is 6.42 Å². The Morgan fingerprint density at radius 1 is 1.04 bits per heavy atom. The summed E-state index contributed by atoms with van der Waals surface area (Å²) in [5, 5.41) is 6.20. The number of nitrogens with zero attached hydrogens (tertiary/aromatic N) is 1. The number of aromatic nitrogens is 1. The Bertz CT molecular complexity index is 932. The predicted molar refractivity (Wildman–Crippen MR) is 112 cm³/mol. The summed E-state index contributed by atoms with van der Waals surface area (Å²) in [5.41, 5.74) is 4.96.